The lowest BCUT2D eigenvalue weighted by Gasteiger charge is -2.18. The lowest BCUT2D eigenvalue weighted by molar-refractivity contribution is 0.201. The number of amides is 1. The summed E-state index contributed by atoms with van der Waals surface area (Å²) in [5.74, 6) is 0.689. The maximum Gasteiger partial charge on any atom is 0.412 e. The molecule has 1 aliphatic rings. The van der Waals surface area contributed by atoms with E-state index in [1.165, 1.54) is 17.5 Å². The number of rotatable bonds is 3. The van der Waals surface area contributed by atoms with Gasteiger partial charge in [0.2, 0.25) is 0 Å². The number of fused-ring (bicyclic) bond motifs is 1. The van der Waals surface area contributed by atoms with Crippen LogP contribution in [0.2, 0.25) is 0 Å². The van der Waals surface area contributed by atoms with Crippen molar-refractivity contribution in [2.75, 3.05) is 6.54 Å². The Morgan fingerprint density at radius 1 is 1.37 bits per heavy atom. The van der Waals surface area contributed by atoms with Crippen LogP contribution in [-0.4, -0.2) is 12.6 Å². The minimum absolute atomic E-state index is 0.402. The van der Waals surface area contributed by atoms with E-state index in [1.54, 1.807) is 4.99 Å². The van der Waals surface area contributed by atoms with Crippen LogP contribution < -0.4 is 10.1 Å². The van der Waals surface area contributed by atoms with Gasteiger partial charge in [-0.15, -0.1) is 0 Å². The number of carbonyl (C=O) groups excluding carboxylic acids is 1. The summed E-state index contributed by atoms with van der Waals surface area (Å²) >= 11 is 6.47. The molecule has 0 unspecified atom stereocenters. The van der Waals surface area contributed by atoms with Gasteiger partial charge in [-0.2, -0.15) is 0 Å². The van der Waals surface area contributed by atoms with Crippen molar-refractivity contribution in [3.8, 4) is 5.75 Å². The molecule has 1 aliphatic carbocycles. The number of benzene rings is 1. The second kappa shape index (κ2) is 7.10. The van der Waals surface area contributed by atoms with E-state index < -0.39 is 6.09 Å². The monoisotopic (exact) mass is 387 g/mol. The summed E-state index contributed by atoms with van der Waals surface area (Å²) in [6.07, 6.45) is 4.01. The number of hydrogen-bond acceptors (Lipinski definition) is 2. The number of carbonyl (C=O) groups is 1. The van der Waals surface area contributed by atoms with Gasteiger partial charge in [-0.3, -0.25) is 0 Å². The number of ether oxygens (including phenoxy) is 1. The van der Waals surface area contributed by atoms with Gasteiger partial charge in [0, 0.05) is 4.48 Å². The molecule has 0 saturated carbocycles. The fraction of sp³-hybridized carbons (Fsp3) is 0.357. The van der Waals surface area contributed by atoms with E-state index in [9.17, 15) is 4.79 Å². The predicted octanol–water partition coefficient (Wildman–Crippen LogP) is 4.29. The fourth-order valence-electron chi connectivity index (χ4n) is 2.17. The minimum Gasteiger partial charge on any atom is -0.410 e. The molecule has 5 heteroatoms. The van der Waals surface area contributed by atoms with Crippen molar-refractivity contribution in [1.29, 1.82) is 0 Å². The Morgan fingerprint density at radius 3 is 2.95 bits per heavy atom. The highest BCUT2D eigenvalue weighted by Gasteiger charge is 2.15. The van der Waals surface area contributed by atoms with Crippen molar-refractivity contribution in [2.45, 2.75) is 25.7 Å². The maximum absolute atomic E-state index is 11.7. The van der Waals surface area contributed by atoms with Crippen LogP contribution in [0.3, 0.4) is 0 Å². The molecular formula is C14H15Br2NO2. The maximum atomic E-state index is 11.7. The third kappa shape index (κ3) is 4.08. The molecule has 0 atom stereocenters. The molecule has 102 valence electrons. The molecule has 0 radical (unpaired) electrons. The van der Waals surface area contributed by atoms with Crippen LogP contribution in [0.4, 0.5) is 4.79 Å². The average Bonchev–Trinajstić information content (AvgIpc) is 2.45. The van der Waals surface area contributed by atoms with Crippen LogP contribution in [0.1, 0.15) is 24.0 Å². The predicted molar refractivity (Wildman–Crippen MR) is 83.0 cm³/mol. The number of hydrogen-bond donors (Lipinski definition) is 1. The van der Waals surface area contributed by atoms with E-state index >= 15 is 0 Å². The van der Waals surface area contributed by atoms with Gasteiger partial charge in [-0.1, -0.05) is 44.0 Å². The Balaban J connectivity index is 2.01. The molecule has 1 amide bonds. The van der Waals surface area contributed by atoms with E-state index in [1.807, 2.05) is 12.1 Å². The van der Waals surface area contributed by atoms with Crippen LogP contribution in [0, 0.1) is 0 Å². The van der Waals surface area contributed by atoms with Gasteiger partial charge in [-0.05, 0) is 47.9 Å². The zero-order valence-electron chi connectivity index (χ0n) is 10.4. The molecule has 3 nitrogen and oxygen atoms in total. The normalized spacial score (nSPS) is 14.7. The molecule has 0 aromatic heterocycles. The summed E-state index contributed by atoms with van der Waals surface area (Å²) in [7, 11) is 0. The Morgan fingerprint density at radius 2 is 2.16 bits per heavy atom. The molecule has 2 rings (SSSR count). The Kier molecular flexibility index (Phi) is 5.45. The smallest absolute Gasteiger partial charge is 0.410 e. The Labute approximate surface area is 129 Å². The van der Waals surface area contributed by atoms with Gasteiger partial charge >= 0.3 is 6.09 Å². The van der Waals surface area contributed by atoms with Crippen LogP contribution in [-0.2, 0) is 12.8 Å². The zero-order valence-corrected chi connectivity index (χ0v) is 13.6. The van der Waals surface area contributed by atoms with Crippen molar-refractivity contribution in [3.05, 3.63) is 38.8 Å². The number of nitrogens with one attached hydrogen (secondary N) is 1. The highest BCUT2D eigenvalue weighted by molar-refractivity contribution is 9.14. The van der Waals surface area contributed by atoms with Crippen molar-refractivity contribution in [1.82, 2.24) is 5.32 Å². The first kappa shape index (κ1) is 14.6. The topological polar surface area (TPSA) is 38.3 Å². The Bertz CT molecular complexity index is 500. The molecule has 0 heterocycles. The first-order valence-electron chi connectivity index (χ1n) is 6.22. The number of halogens is 2. The first-order chi connectivity index (χ1) is 9.20. The van der Waals surface area contributed by atoms with E-state index in [2.05, 4.69) is 43.2 Å². The standard InChI is InChI=1S/C14H15Br2NO2/c15-8-11(16)9-17-14(18)19-13-7-3-5-10-4-1-2-6-12(10)13/h3,5,7-8H,1-2,4,6,9H2,(H,17,18)/b11-8-. The van der Waals surface area contributed by atoms with Crippen molar-refractivity contribution < 1.29 is 9.53 Å². The SMILES string of the molecule is O=C(NC/C(Br)=C/Br)Oc1cccc2c1CCCC2. The van der Waals surface area contributed by atoms with Crippen LogP contribution >= 0.6 is 31.9 Å². The molecule has 1 aromatic rings. The van der Waals surface area contributed by atoms with Gasteiger partial charge in [0.1, 0.15) is 5.75 Å². The van der Waals surface area contributed by atoms with Crippen molar-refractivity contribution >= 4 is 38.0 Å². The summed E-state index contributed by atoms with van der Waals surface area (Å²) in [4.78, 5) is 13.4. The summed E-state index contributed by atoms with van der Waals surface area (Å²) in [6, 6.07) is 5.92. The molecule has 0 fully saturated rings. The lowest BCUT2D eigenvalue weighted by Crippen LogP contribution is -2.28. The summed E-state index contributed by atoms with van der Waals surface area (Å²) in [5, 5.41) is 2.68. The molecule has 0 aliphatic heterocycles. The van der Waals surface area contributed by atoms with Crippen molar-refractivity contribution in [3.63, 3.8) is 0 Å². The molecule has 0 saturated heterocycles. The molecular weight excluding hydrogens is 374 g/mol. The highest BCUT2D eigenvalue weighted by Crippen LogP contribution is 2.29. The third-order valence-electron chi connectivity index (χ3n) is 3.08. The molecule has 1 N–H and O–H groups in total. The van der Waals surface area contributed by atoms with Gasteiger partial charge in [0.25, 0.3) is 0 Å². The van der Waals surface area contributed by atoms with Gasteiger partial charge in [-0.25, -0.2) is 4.79 Å². The van der Waals surface area contributed by atoms with Crippen molar-refractivity contribution in [2.24, 2.45) is 0 Å². The van der Waals surface area contributed by atoms with Gasteiger partial charge < -0.3 is 10.1 Å². The second-order valence-electron chi connectivity index (χ2n) is 4.40. The van der Waals surface area contributed by atoms with Crippen LogP contribution in [0.5, 0.6) is 5.75 Å². The lowest BCUT2D eigenvalue weighted by atomic mass is 9.91. The summed E-state index contributed by atoms with van der Waals surface area (Å²) in [6.45, 7) is 0.402. The quantitative estimate of drug-likeness (QED) is 0.838. The van der Waals surface area contributed by atoms with E-state index in [-0.39, 0.29) is 0 Å². The molecule has 1 aromatic carbocycles. The fourth-order valence-corrected chi connectivity index (χ4v) is 2.48. The van der Waals surface area contributed by atoms with Crippen LogP contribution in [0.15, 0.2) is 27.7 Å². The highest BCUT2D eigenvalue weighted by atomic mass is 79.9. The number of aryl methyl sites for hydroxylation is 1. The molecule has 0 bridgehead atoms. The summed E-state index contributed by atoms with van der Waals surface area (Å²) in [5.41, 5.74) is 2.48. The van der Waals surface area contributed by atoms with E-state index in [4.69, 9.17) is 4.74 Å². The first-order valence-corrected chi connectivity index (χ1v) is 7.93. The zero-order chi connectivity index (χ0) is 13.7. The average molecular weight is 389 g/mol. The minimum atomic E-state index is -0.426. The second-order valence-corrected chi connectivity index (χ2v) is 5.88. The van der Waals surface area contributed by atoms with Gasteiger partial charge in [0.05, 0.1) is 6.54 Å². The molecule has 19 heavy (non-hydrogen) atoms. The largest absolute Gasteiger partial charge is 0.412 e. The summed E-state index contributed by atoms with van der Waals surface area (Å²) < 4.78 is 6.24. The van der Waals surface area contributed by atoms with E-state index in [0.717, 1.165) is 23.7 Å². The third-order valence-corrected chi connectivity index (χ3v) is 4.75. The van der Waals surface area contributed by atoms with Crippen LogP contribution in [0.25, 0.3) is 0 Å². The molecule has 0 spiro atoms. The van der Waals surface area contributed by atoms with E-state index in [0.29, 0.717) is 12.3 Å². The van der Waals surface area contributed by atoms with Gasteiger partial charge in [0.15, 0.2) is 0 Å². The Hall–Kier alpha value is -0.810.